The quantitative estimate of drug-likeness (QED) is 0.335. The molecule has 0 radical (unpaired) electrons. The smallest absolute Gasteiger partial charge is 0.333 e. The summed E-state index contributed by atoms with van der Waals surface area (Å²) < 4.78 is 9.86. The summed E-state index contributed by atoms with van der Waals surface area (Å²) in [5.74, 6) is 0.332. The van der Waals surface area contributed by atoms with Crippen LogP contribution < -0.4 is 21.3 Å². The van der Waals surface area contributed by atoms with E-state index in [9.17, 15) is 14.4 Å². The molecule has 10 nitrogen and oxygen atoms in total. The van der Waals surface area contributed by atoms with Crippen molar-refractivity contribution in [1.29, 1.82) is 0 Å². The Morgan fingerprint density at radius 1 is 1.15 bits per heavy atom. The van der Waals surface area contributed by atoms with Gasteiger partial charge < -0.3 is 15.2 Å². The molecule has 0 saturated carbocycles. The molecule has 3 aromatic heterocycles. The van der Waals surface area contributed by atoms with Gasteiger partial charge in [0.05, 0.1) is 12.5 Å². The van der Waals surface area contributed by atoms with Gasteiger partial charge in [-0.25, -0.2) is 14.0 Å². The van der Waals surface area contributed by atoms with Gasteiger partial charge in [0, 0.05) is 36.6 Å². The molecular formula is C29H39N5O5S. The highest BCUT2D eigenvalue weighted by Gasteiger charge is 2.35. The van der Waals surface area contributed by atoms with E-state index < -0.39 is 22.7 Å². The first-order chi connectivity index (χ1) is 18.8. The summed E-state index contributed by atoms with van der Waals surface area (Å²) in [6.45, 7) is 12.5. The first-order valence-corrected chi connectivity index (χ1v) is 14.0. The fourth-order valence-corrected chi connectivity index (χ4v) is 5.58. The van der Waals surface area contributed by atoms with Gasteiger partial charge in [-0.3, -0.25) is 14.2 Å². The van der Waals surface area contributed by atoms with Crippen LogP contribution in [-0.4, -0.2) is 49.2 Å². The zero-order valence-electron chi connectivity index (χ0n) is 24.4. The van der Waals surface area contributed by atoms with E-state index in [1.807, 2.05) is 45.0 Å². The van der Waals surface area contributed by atoms with E-state index in [1.54, 1.807) is 62.5 Å². The number of amides is 1. The summed E-state index contributed by atoms with van der Waals surface area (Å²) in [7, 11) is 1.61. The molecule has 0 spiro atoms. The van der Waals surface area contributed by atoms with Crippen LogP contribution in [0.2, 0.25) is 0 Å². The average molecular weight is 570 g/mol. The molecule has 2 N–H and O–H groups in total. The molecule has 0 saturated heterocycles. The lowest BCUT2D eigenvalue weighted by Crippen LogP contribution is -2.56. The number of thiophene rings is 1. The predicted molar refractivity (Wildman–Crippen MR) is 159 cm³/mol. The van der Waals surface area contributed by atoms with Crippen molar-refractivity contribution in [3.05, 3.63) is 74.7 Å². The standard InChI is InChI=1S/C26H31N5O4S.C3H8O/c1-16(2)28-24(33)26(4,5)31-21(32)20-17(3)22(30-14-9-13-27-30)36-23(20)29(25(31)34)15-12-18-10-7-8-11-19(18)35-6;1-3(2)4/h7-11,13-14,16H,12,15H2,1-6H3,(H,28,33);3-4H,1-2H3. The third-order valence-corrected chi connectivity index (χ3v) is 7.54. The largest absolute Gasteiger partial charge is 0.496 e. The number of nitrogens with one attached hydrogen (secondary N) is 1. The van der Waals surface area contributed by atoms with E-state index in [0.29, 0.717) is 28.7 Å². The fraction of sp³-hybridized carbons (Fsp3) is 0.448. The van der Waals surface area contributed by atoms with Crippen LogP contribution in [0.15, 0.2) is 52.3 Å². The highest BCUT2D eigenvalue weighted by molar-refractivity contribution is 7.21. The minimum atomic E-state index is -1.40. The van der Waals surface area contributed by atoms with Gasteiger partial charge in [0.1, 0.15) is 21.1 Å². The van der Waals surface area contributed by atoms with Crippen molar-refractivity contribution in [2.24, 2.45) is 0 Å². The molecule has 3 heterocycles. The molecule has 0 aliphatic rings. The lowest BCUT2D eigenvalue weighted by Gasteiger charge is -2.27. The number of aromatic nitrogens is 4. The zero-order chi connectivity index (χ0) is 29.8. The molecule has 40 heavy (non-hydrogen) atoms. The normalized spacial score (nSPS) is 11.6. The van der Waals surface area contributed by atoms with E-state index in [0.717, 1.165) is 20.9 Å². The van der Waals surface area contributed by atoms with Crippen molar-refractivity contribution in [1.82, 2.24) is 24.2 Å². The molecular weight excluding hydrogens is 530 g/mol. The number of nitrogens with zero attached hydrogens (tertiary/aromatic N) is 4. The highest BCUT2D eigenvalue weighted by atomic mass is 32.1. The van der Waals surface area contributed by atoms with E-state index >= 15 is 0 Å². The number of benzene rings is 1. The van der Waals surface area contributed by atoms with Gasteiger partial charge in [0.15, 0.2) is 0 Å². The third kappa shape index (κ3) is 6.37. The van der Waals surface area contributed by atoms with Gasteiger partial charge >= 0.3 is 5.69 Å². The lowest BCUT2D eigenvalue weighted by molar-refractivity contribution is -0.129. The van der Waals surface area contributed by atoms with Gasteiger partial charge in [0.2, 0.25) is 5.91 Å². The number of para-hydroxylation sites is 1. The summed E-state index contributed by atoms with van der Waals surface area (Å²) in [4.78, 5) is 41.4. The van der Waals surface area contributed by atoms with Gasteiger partial charge in [-0.15, -0.1) is 0 Å². The van der Waals surface area contributed by atoms with Crippen LogP contribution >= 0.6 is 11.3 Å². The van der Waals surface area contributed by atoms with E-state index in [1.165, 1.54) is 11.3 Å². The number of carbonyl (C=O) groups excluding carboxylic acids is 1. The van der Waals surface area contributed by atoms with Crippen LogP contribution in [0.25, 0.3) is 15.2 Å². The molecule has 0 fully saturated rings. The summed E-state index contributed by atoms with van der Waals surface area (Å²) in [5.41, 5.74) is -0.767. The SMILES string of the molecule is CC(C)O.COc1ccccc1CCn1c(=O)n(C(C)(C)C(=O)NC(C)C)c(=O)c2c(C)c(-n3cccn3)sc21. The Balaban J connectivity index is 0.00000103. The molecule has 216 valence electrons. The zero-order valence-corrected chi connectivity index (χ0v) is 25.2. The molecule has 0 atom stereocenters. The van der Waals surface area contributed by atoms with Crippen LogP contribution in [0.5, 0.6) is 5.75 Å². The summed E-state index contributed by atoms with van der Waals surface area (Å²) in [6.07, 6.45) is 3.80. The number of fused-ring (bicyclic) bond motifs is 1. The molecule has 0 aliphatic carbocycles. The Morgan fingerprint density at radius 3 is 2.38 bits per heavy atom. The molecule has 1 amide bonds. The number of rotatable bonds is 8. The number of methoxy groups -OCH3 is 1. The van der Waals surface area contributed by atoms with E-state index in [-0.39, 0.29) is 12.1 Å². The second kappa shape index (κ2) is 12.6. The molecule has 4 rings (SSSR count). The summed E-state index contributed by atoms with van der Waals surface area (Å²) >= 11 is 1.34. The van der Waals surface area contributed by atoms with E-state index in [4.69, 9.17) is 9.84 Å². The lowest BCUT2D eigenvalue weighted by atomic mass is 10.0. The number of hydrogen-bond donors (Lipinski definition) is 2. The summed E-state index contributed by atoms with van der Waals surface area (Å²) in [5, 5.41) is 16.4. The Labute approximate surface area is 237 Å². The van der Waals surface area contributed by atoms with Gasteiger partial charge in [-0.2, -0.15) is 5.10 Å². The maximum Gasteiger partial charge on any atom is 0.333 e. The van der Waals surface area contributed by atoms with Crippen molar-refractivity contribution < 1.29 is 14.6 Å². The van der Waals surface area contributed by atoms with Crippen molar-refractivity contribution >= 4 is 27.5 Å². The minimum Gasteiger partial charge on any atom is -0.496 e. The number of carbonyl (C=O) groups is 1. The maximum absolute atomic E-state index is 13.9. The Hall–Kier alpha value is -3.70. The first kappa shape index (κ1) is 30.8. The van der Waals surface area contributed by atoms with Gasteiger partial charge in [0.25, 0.3) is 5.56 Å². The molecule has 0 aliphatic heterocycles. The second-order valence-electron chi connectivity index (χ2n) is 10.6. The van der Waals surface area contributed by atoms with Crippen molar-refractivity contribution in [2.45, 2.75) is 79.1 Å². The molecule has 0 bridgehead atoms. The first-order valence-electron chi connectivity index (χ1n) is 13.2. The summed E-state index contributed by atoms with van der Waals surface area (Å²) in [6, 6.07) is 9.29. The third-order valence-electron chi connectivity index (χ3n) is 6.23. The number of aliphatic hydroxyl groups excluding tert-OH is 1. The molecule has 11 heteroatoms. The monoisotopic (exact) mass is 569 g/mol. The van der Waals surface area contributed by atoms with Crippen LogP contribution in [0, 0.1) is 6.92 Å². The van der Waals surface area contributed by atoms with Crippen LogP contribution in [0.1, 0.15) is 52.7 Å². The van der Waals surface area contributed by atoms with Crippen molar-refractivity contribution in [3.8, 4) is 10.8 Å². The number of aryl methyl sites for hydroxylation is 3. The fourth-order valence-electron chi connectivity index (χ4n) is 4.31. The minimum absolute atomic E-state index is 0.140. The Morgan fingerprint density at radius 2 is 1.80 bits per heavy atom. The van der Waals surface area contributed by atoms with Crippen LogP contribution in [-0.2, 0) is 23.3 Å². The molecule has 1 aromatic carbocycles. The number of ether oxygens (including phenoxy) is 1. The van der Waals surface area contributed by atoms with Gasteiger partial charge in [-0.1, -0.05) is 29.5 Å². The molecule has 0 unspecified atom stereocenters. The predicted octanol–water partition coefficient (Wildman–Crippen LogP) is 3.62. The van der Waals surface area contributed by atoms with Crippen molar-refractivity contribution in [3.63, 3.8) is 0 Å². The number of hydrogen-bond acceptors (Lipinski definition) is 7. The van der Waals surface area contributed by atoms with Crippen LogP contribution in [0.3, 0.4) is 0 Å². The molecule has 4 aromatic rings. The van der Waals surface area contributed by atoms with Crippen LogP contribution in [0.4, 0.5) is 0 Å². The van der Waals surface area contributed by atoms with Crippen molar-refractivity contribution in [2.75, 3.05) is 7.11 Å². The number of aliphatic hydroxyl groups is 1. The maximum atomic E-state index is 13.9. The van der Waals surface area contributed by atoms with Gasteiger partial charge in [-0.05, 0) is 72.6 Å². The Bertz CT molecular complexity index is 1580. The Kier molecular flexibility index (Phi) is 9.75. The van der Waals surface area contributed by atoms with E-state index in [2.05, 4.69) is 10.4 Å². The highest BCUT2D eigenvalue weighted by Crippen LogP contribution is 2.31. The second-order valence-corrected chi connectivity index (χ2v) is 11.6. The average Bonchev–Trinajstić information content (AvgIpc) is 3.51. The topological polar surface area (TPSA) is 120 Å².